The highest BCUT2D eigenvalue weighted by Crippen LogP contribution is 2.31. The molecule has 3 heteroatoms. The lowest BCUT2D eigenvalue weighted by Gasteiger charge is -2.32. The summed E-state index contributed by atoms with van der Waals surface area (Å²) in [4.78, 5) is 2.52. The Hall–Kier alpha value is -1.35. The normalized spacial score (nSPS) is 18.6. The van der Waals surface area contributed by atoms with E-state index >= 15 is 0 Å². The Morgan fingerprint density at radius 1 is 0.917 bits per heavy atom. The lowest BCUT2D eigenvalue weighted by atomic mass is 10.0. The average molecular weight is 346 g/mol. The van der Waals surface area contributed by atoms with Crippen LogP contribution in [0, 0.1) is 0 Å². The van der Waals surface area contributed by atoms with Gasteiger partial charge in [0.1, 0.15) is 6.10 Å². The topological polar surface area (TPSA) is 12.5 Å². The summed E-state index contributed by atoms with van der Waals surface area (Å²) in [6.07, 6.45) is 1.41. The van der Waals surface area contributed by atoms with Crippen molar-refractivity contribution in [2.75, 3.05) is 13.1 Å². The molecule has 3 rings (SSSR count). The lowest BCUT2D eigenvalue weighted by molar-refractivity contribution is 0.00831. The Bertz CT molecular complexity index is 569. The third-order valence-corrected chi connectivity index (χ3v) is 4.63. The summed E-state index contributed by atoms with van der Waals surface area (Å²) < 4.78 is 6.57. The molecular formula is C21H28ClNO. The van der Waals surface area contributed by atoms with Crippen molar-refractivity contribution in [2.24, 2.45) is 0 Å². The zero-order valence-electron chi connectivity index (χ0n) is 14.8. The summed E-state index contributed by atoms with van der Waals surface area (Å²) >= 11 is 0. The van der Waals surface area contributed by atoms with Gasteiger partial charge in [-0.2, -0.15) is 0 Å². The molecule has 1 unspecified atom stereocenters. The van der Waals surface area contributed by atoms with E-state index in [4.69, 9.17) is 4.74 Å². The molecule has 0 bridgehead atoms. The Kier molecular flexibility index (Phi) is 6.45. The molecule has 1 atom stereocenters. The van der Waals surface area contributed by atoms with Crippen LogP contribution in [0.4, 0.5) is 0 Å². The Morgan fingerprint density at radius 3 is 1.83 bits per heavy atom. The van der Waals surface area contributed by atoms with Crippen LogP contribution in [0.3, 0.4) is 0 Å². The first-order valence-corrected chi connectivity index (χ1v) is 8.54. The van der Waals surface area contributed by atoms with Gasteiger partial charge in [0.25, 0.3) is 0 Å². The molecule has 2 aromatic rings. The molecule has 0 aromatic heterocycles. The van der Waals surface area contributed by atoms with Gasteiger partial charge in [-0.3, -0.25) is 4.90 Å². The number of hydrogen-bond acceptors (Lipinski definition) is 2. The van der Waals surface area contributed by atoms with Crippen molar-refractivity contribution in [3.63, 3.8) is 0 Å². The van der Waals surface area contributed by atoms with Crippen LogP contribution in [0.2, 0.25) is 0 Å². The Morgan fingerprint density at radius 2 is 1.42 bits per heavy atom. The molecule has 0 aliphatic carbocycles. The summed E-state index contributed by atoms with van der Waals surface area (Å²) in [6, 6.07) is 21.1. The molecule has 0 N–H and O–H groups in total. The van der Waals surface area contributed by atoms with E-state index in [0.717, 1.165) is 19.5 Å². The first kappa shape index (κ1) is 19.0. The van der Waals surface area contributed by atoms with Gasteiger partial charge in [-0.05, 0) is 38.3 Å². The highest BCUT2D eigenvalue weighted by atomic mass is 35.5. The van der Waals surface area contributed by atoms with Gasteiger partial charge in [0, 0.05) is 18.6 Å². The van der Waals surface area contributed by atoms with Crippen molar-refractivity contribution < 1.29 is 4.74 Å². The van der Waals surface area contributed by atoms with E-state index in [0.29, 0.717) is 6.10 Å². The minimum absolute atomic E-state index is 0. The summed E-state index contributed by atoms with van der Waals surface area (Å²) in [5.41, 5.74) is 2.67. The second-order valence-corrected chi connectivity index (χ2v) is 7.37. The van der Waals surface area contributed by atoms with E-state index in [-0.39, 0.29) is 24.0 Å². The first-order chi connectivity index (χ1) is 11.0. The third-order valence-electron chi connectivity index (χ3n) is 4.63. The van der Waals surface area contributed by atoms with Gasteiger partial charge in [0.05, 0.1) is 6.10 Å². The maximum absolute atomic E-state index is 6.57. The monoisotopic (exact) mass is 345 g/mol. The van der Waals surface area contributed by atoms with Crippen LogP contribution in [-0.4, -0.2) is 29.6 Å². The molecule has 2 aromatic carbocycles. The number of ether oxygens (including phenoxy) is 1. The average Bonchev–Trinajstić information content (AvgIpc) is 3.03. The number of rotatable bonds is 4. The van der Waals surface area contributed by atoms with Gasteiger partial charge >= 0.3 is 0 Å². The second kappa shape index (κ2) is 8.15. The van der Waals surface area contributed by atoms with E-state index < -0.39 is 0 Å². The first-order valence-electron chi connectivity index (χ1n) is 8.54. The van der Waals surface area contributed by atoms with Crippen molar-refractivity contribution >= 4 is 12.4 Å². The summed E-state index contributed by atoms with van der Waals surface area (Å²) in [5, 5.41) is 0. The molecule has 130 valence electrons. The molecule has 1 heterocycles. The highest BCUT2D eigenvalue weighted by Gasteiger charge is 2.32. The van der Waals surface area contributed by atoms with Crippen LogP contribution < -0.4 is 0 Å². The molecular weight excluding hydrogens is 318 g/mol. The smallest absolute Gasteiger partial charge is 0.108 e. The van der Waals surface area contributed by atoms with E-state index in [1.807, 2.05) is 0 Å². The van der Waals surface area contributed by atoms with Gasteiger partial charge < -0.3 is 4.74 Å². The Balaban J connectivity index is 0.00000208. The minimum atomic E-state index is 0. The van der Waals surface area contributed by atoms with E-state index in [1.54, 1.807) is 0 Å². The SMILES string of the molecule is CC(C)(C)N1CCC(OC(c2ccccc2)c2ccccc2)C1.Cl. The summed E-state index contributed by atoms with van der Waals surface area (Å²) in [6.45, 7) is 8.97. The van der Waals surface area contributed by atoms with Crippen LogP contribution in [0.25, 0.3) is 0 Å². The van der Waals surface area contributed by atoms with Crippen molar-refractivity contribution in [2.45, 2.75) is 44.9 Å². The molecule has 1 fully saturated rings. The molecule has 24 heavy (non-hydrogen) atoms. The van der Waals surface area contributed by atoms with Crippen LogP contribution >= 0.6 is 12.4 Å². The molecule has 0 saturated carbocycles. The maximum Gasteiger partial charge on any atom is 0.108 e. The standard InChI is InChI=1S/C21H27NO.ClH/c1-21(2,3)22-15-14-19(16-22)23-20(17-10-6-4-7-11-17)18-12-8-5-9-13-18;/h4-13,19-20H,14-16H2,1-3H3;1H. The zero-order chi connectivity index (χ0) is 16.3. The molecule has 1 saturated heterocycles. The number of halogens is 1. The van der Waals surface area contributed by atoms with Crippen LogP contribution in [0.15, 0.2) is 60.7 Å². The lowest BCUT2D eigenvalue weighted by Crippen LogP contribution is -2.40. The second-order valence-electron chi connectivity index (χ2n) is 7.37. The van der Waals surface area contributed by atoms with Gasteiger partial charge in [0.2, 0.25) is 0 Å². The van der Waals surface area contributed by atoms with Gasteiger partial charge in [-0.1, -0.05) is 60.7 Å². The number of hydrogen-bond donors (Lipinski definition) is 0. The fraction of sp³-hybridized carbons (Fsp3) is 0.429. The largest absolute Gasteiger partial charge is 0.364 e. The number of benzene rings is 2. The van der Waals surface area contributed by atoms with E-state index in [9.17, 15) is 0 Å². The molecule has 1 aliphatic rings. The van der Waals surface area contributed by atoms with Crippen LogP contribution in [-0.2, 0) is 4.74 Å². The van der Waals surface area contributed by atoms with Crippen LogP contribution in [0.5, 0.6) is 0 Å². The molecule has 0 radical (unpaired) electrons. The number of nitrogens with zero attached hydrogens (tertiary/aromatic N) is 1. The van der Waals surface area contributed by atoms with Gasteiger partial charge in [-0.25, -0.2) is 0 Å². The fourth-order valence-corrected chi connectivity index (χ4v) is 3.25. The van der Waals surface area contributed by atoms with E-state index in [1.165, 1.54) is 11.1 Å². The molecule has 1 aliphatic heterocycles. The van der Waals surface area contributed by atoms with Crippen molar-refractivity contribution in [1.82, 2.24) is 4.90 Å². The predicted molar refractivity (Wildman–Crippen MR) is 103 cm³/mol. The van der Waals surface area contributed by atoms with Gasteiger partial charge in [0.15, 0.2) is 0 Å². The molecule has 0 amide bonds. The maximum atomic E-state index is 6.57. The zero-order valence-corrected chi connectivity index (χ0v) is 15.6. The summed E-state index contributed by atoms with van der Waals surface area (Å²) in [7, 11) is 0. The predicted octanol–water partition coefficient (Wildman–Crippen LogP) is 5.09. The third kappa shape index (κ3) is 4.60. The fourth-order valence-electron chi connectivity index (χ4n) is 3.25. The molecule has 0 spiro atoms. The summed E-state index contributed by atoms with van der Waals surface area (Å²) in [5.74, 6) is 0. The highest BCUT2D eigenvalue weighted by molar-refractivity contribution is 5.85. The van der Waals surface area contributed by atoms with E-state index in [2.05, 4.69) is 86.3 Å². The Labute approximate surface area is 152 Å². The minimum Gasteiger partial charge on any atom is -0.364 e. The van der Waals surface area contributed by atoms with Crippen molar-refractivity contribution in [3.05, 3.63) is 71.8 Å². The van der Waals surface area contributed by atoms with Crippen molar-refractivity contribution in [3.8, 4) is 0 Å². The number of likely N-dealkylation sites (tertiary alicyclic amines) is 1. The van der Waals surface area contributed by atoms with Crippen LogP contribution in [0.1, 0.15) is 44.4 Å². The molecule has 2 nitrogen and oxygen atoms in total. The van der Waals surface area contributed by atoms with Crippen molar-refractivity contribution in [1.29, 1.82) is 0 Å². The van der Waals surface area contributed by atoms with Gasteiger partial charge in [-0.15, -0.1) is 12.4 Å². The quantitative estimate of drug-likeness (QED) is 0.765.